The predicted molar refractivity (Wildman–Crippen MR) is 228 cm³/mol. The van der Waals surface area contributed by atoms with E-state index in [4.69, 9.17) is 9.05 Å². The number of quaternary nitrogens is 1. The Morgan fingerprint density at radius 2 is 1.17 bits per heavy atom. The highest BCUT2D eigenvalue weighted by Gasteiger charge is 2.23. The molecule has 0 fully saturated rings. The molecule has 1 amide bonds. The maximum atomic E-state index is 12.8. The highest BCUT2D eigenvalue weighted by molar-refractivity contribution is 7.45. The van der Waals surface area contributed by atoms with Gasteiger partial charge in [0, 0.05) is 6.42 Å². The number of aliphatic hydroxyl groups is 1. The second-order valence-electron chi connectivity index (χ2n) is 15.7. The monoisotopic (exact) mass is 779 g/mol. The second-order valence-corrected chi connectivity index (χ2v) is 17.1. The zero-order valence-electron chi connectivity index (χ0n) is 35.4. The van der Waals surface area contributed by atoms with E-state index in [1.807, 2.05) is 40.2 Å². The number of carbonyl (C=O) groups is 1. The molecule has 3 atom stereocenters. The number of hydrogen-bond acceptors (Lipinski definition) is 6. The van der Waals surface area contributed by atoms with E-state index in [1.54, 1.807) is 6.08 Å². The van der Waals surface area contributed by atoms with Crippen LogP contribution in [0.25, 0.3) is 0 Å². The summed E-state index contributed by atoms with van der Waals surface area (Å²) in [5.41, 5.74) is 0. The largest absolute Gasteiger partial charge is 0.756 e. The van der Waals surface area contributed by atoms with E-state index in [0.29, 0.717) is 17.4 Å². The van der Waals surface area contributed by atoms with E-state index in [1.165, 1.54) is 96.3 Å². The van der Waals surface area contributed by atoms with Gasteiger partial charge in [-0.15, -0.1) is 0 Å². The number of allylic oxidation sites excluding steroid dienone is 9. The lowest BCUT2D eigenvalue weighted by atomic mass is 10.0. The van der Waals surface area contributed by atoms with Crippen LogP contribution < -0.4 is 10.2 Å². The average Bonchev–Trinajstić information content (AvgIpc) is 3.12. The van der Waals surface area contributed by atoms with Crippen LogP contribution in [-0.2, 0) is 18.4 Å². The Labute approximate surface area is 332 Å². The molecule has 0 saturated heterocycles. The van der Waals surface area contributed by atoms with Gasteiger partial charge >= 0.3 is 0 Å². The zero-order valence-corrected chi connectivity index (χ0v) is 36.3. The lowest BCUT2D eigenvalue weighted by Crippen LogP contribution is -2.45. The van der Waals surface area contributed by atoms with Crippen LogP contribution in [0.2, 0.25) is 0 Å². The van der Waals surface area contributed by atoms with E-state index >= 15 is 0 Å². The summed E-state index contributed by atoms with van der Waals surface area (Å²) in [5.74, 6) is -0.220. The van der Waals surface area contributed by atoms with E-state index in [0.717, 1.165) is 51.4 Å². The Morgan fingerprint density at radius 1 is 0.685 bits per heavy atom. The fraction of sp³-hybridized carbons (Fsp3) is 0.756. The minimum absolute atomic E-state index is 0.0119. The van der Waals surface area contributed by atoms with Crippen molar-refractivity contribution in [2.45, 2.75) is 180 Å². The first-order valence-electron chi connectivity index (χ1n) is 21.6. The Bertz CT molecular complexity index is 1060. The van der Waals surface area contributed by atoms with Crippen LogP contribution in [-0.4, -0.2) is 68.5 Å². The molecule has 0 radical (unpaired) electrons. The van der Waals surface area contributed by atoms with Gasteiger partial charge in [0.1, 0.15) is 13.2 Å². The normalized spacial score (nSPS) is 15.0. The summed E-state index contributed by atoms with van der Waals surface area (Å²) in [6.45, 7) is 4.35. The van der Waals surface area contributed by atoms with E-state index in [9.17, 15) is 19.4 Å². The zero-order chi connectivity index (χ0) is 40.0. The summed E-state index contributed by atoms with van der Waals surface area (Å²) < 4.78 is 23.1. The molecule has 0 aromatic carbocycles. The van der Waals surface area contributed by atoms with Gasteiger partial charge in [-0.1, -0.05) is 151 Å². The number of phosphoric ester groups is 1. The molecule has 0 aliphatic carbocycles. The maximum absolute atomic E-state index is 12.8. The molecule has 0 aliphatic heterocycles. The number of phosphoric acid groups is 1. The molecule has 0 aromatic heterocycles. The number of carbonyl (C=O) groups excluding carboxylic acids is 1. The van der Waals surface area contributed by atoms with E-state index < -0.39 is 26.6 Å². The third kappa shape index (κ3) is 38.5. The molecule has 0 aromatic rings. The van der Waals surface area contributed by atoms with E-state index in [-0.39, 0.29) is 12.5 Å². The molecule has 314 valence electrons. The number of unbranched alkanes of at least 4 members (excludes halogenated alkanes) is 18. The Kier molecular flexibility index (Phi) is 35.6. The van der Waals surface area contributed by atoms with Crippen molar-refractivity contribution in [3.8, 4) is 0 Å². The highest BCUT2D eigenvalue weighted by Crippen LogP contribution is 2.38. The highest BCUT2D eigenvalue weighted by atomic mass is 31.2. The topological polar surface area (TPSA) is 108 Å². The standard InChI is InChI=1S/C45H83N2O6P/c1-6-8-10-12-14-16-17-18-19-20-21-22-23-24-25-26-27-28-29-31-33-35-37-39-45(49)46-43(42-53-54(50,51)52-41-40-47(3,4)5)44(48)38-36-34-32-30-15-13-11-9-7-2/h7,9,15,17-18,20-21,30,36,38,43-44,48H,6,8,10-14,16,19,22-29,31-35,37,39-42H2,1-5H3,(H-,46,49,50,51)/b9-7+,18-17-,21-20-,30-15+,38-36+. The summed E-state index contributed by atoms with van der Waals surface area (Å²) in [6.07, 6.45) is 47.3. The van der Waals surface area contributed by atoms with Crippen LogP contribution in [0.4, 0.5) is 0 Å². The first-order valence-corrected chi connectivity index (χ1v) is 23.1. The van der Waals surface area contributed by atoms with Crippen molar-refractivity contribution in [2.75, 3.05) is 40.9 Å². The number of aliphatic hydroxyl groups excluding tert-OH is 1. The van der Waals surface area contributed by atoms with Gasteiger partial charge < -0.3 is 28.8 Å². The van der Waals surface area contributed by atoms with Crippen molar-refractivity contribution >= 4 is 13.7 Å². The summed E-state index contributed by atoms with van der Waals surface area (Å²) >= 11 is 0. The average molecular weight is 779 g/mol. The van der Waals surface area contributed by atoms with Gasteiger partial charge in [0.2, 0.25) is 5.91 Å². The van der Waals surface area contributed by atoms with Crippen LogP contribution in [0.5, 0.6) is 0 Å². The quantitative estimate of drug-likeness (QED) is 0.0280. The molecule has 3 unspecified atom stereocenters. The number of nitrogens with zero attached hydrogens (tertiary/aromatic N) is 1. The van der Waals surface area contributed by atoms with Gasteiger partial charge in [0.25, 0.3) is 7.82 Å². The molecule has 0 spiro atoms. The van der Waals surface area contributed by atoms with Crippen molar-refractivity contribution in [1.82, 2.24) is 5.32 Å². The minimum Gasteiger partial charge on any atom is -0.756 e. The molecule has 0 rings (SSSR count). The lowest BCUT2D eigenvalue weighted by Gasteiger charge is -2.29. The van der Waals surface area contributed by atoms with Gasteiger partial charge in [0.15, 0.2) is 0 Å². The Balaban J connectivity index is 4.26. The van der Waals surface area contributed by atoms with Crippen molar-refractivity contribution < 1.29 is 32.9 Å². The number of rotatable bonds is 38. The Morgan fingerprint density at radius 3 is 1.70 bits per heavy atom. The van der Waals surface area contributed by atoms with Gasteiger partial charge in [0.05, 0.1) is 39.9 Å². The van der Waals surface area contributed by atoms with Crippen molar-refractivity contribution in [1.29, 1.82) is 0 Å². The maximum Gasteiger partial charge on any atom is 0.268 e. The van der Waals surface area contributed by atoms with Gasteiger partial charge in [-0.3, -0.25) is 9.36 Å². The summed E-state index contributed by atoms with van der Waals surface area (Å²) in [7, 11) is 1.22. The van der Waals surface area contributed by atoms with E-state index in [2.05, 4.69) is 54.8 Å². The molecular weight excluding hydrogens is 695 g/mol. The van der Waals surface area contributed by atoms with Crippen LogP contribution in [0, 0.1) is 0 Å². The lowest BCUT2D eigenvalue weighted by molar-refractivity contribution is -0.870. The Hall–Kier alpha value is -1.80. The molecular formula is C45H83N2O6P. The first kappa shape index (κ1) is 52.2. The van der Waals surface area contributed by atoms with Gasteiger partial charge in [-0.2, -0.15) is 0 Å². The molecule has 0 aliphatic rings. The summed E-state index contributed by atoms with van der Waals surface area (Å²) in [5, 5.41) is 13.7. The fourth-order valence-electron chi connectivity index (χ4n) is 5.81. The molecule has 54 heavy (non-hydrogen) atoms. The number of nitrogens with one attached hydrogen (secondary N) is 1. The first-order chi connectivity index (χ1) is 26.0. The minimum atomic E-state index is -4.59. The SMILES string of the molecule is C/C=C/CC/C=C/CC/C=C/C(O)C(COP(=O)([O-])OCC[N+](C)(C)C)NC(=O)CCCCCCCCCCCCC/C=C\C/C=C\CCCCCCC. The van der Waals surface area contributed by atoms with Gasteiger partial charge in [-0.25, -0.2) is 0 Å². The summed E-state index contributed by atoms with van der Waals surface area (Å²) in [6, 6.07) is -0.909. The third-order valence-corrected chi connectivity index (χ3v) is 10.2. The van der Waals surface area contributed by atoms with Crippen LogP contribution in [0.15, 0.2) is 60.8 Å². The predicted octanol–water partition coefficient (Wildman–Crippen LogP) is 11.2. The smallest absolute Gasteiger partial charge is 0.268 e. The molecule has 2 N–H and O–H groups in total. The van der Waals surface area contributed by atoms with Gasteiger partial charge in [-0.05, 0) is 71.1 Å². The third-order valence-electron chi connectivity index (χ3n) is 9.27. The molecule has 8 nitrogen and oxygen atoms in total. The molecule has 0 bridgehead atoms. The molecule has 0 heterocycles. The summed E-state index contributed by atoms with van der Waals surface area (Å²) in [4.78, 5) is 25.2. The van der Waals surface area contributed by atoms with Crippen LogP contribution in [0.1, 0.15) is 168 Å². The second kappa shape index (κ2) is 36.8. The number of likely N-dealkylation sites (N-methyl/N-ethyl adjacent to an activating group) is 1. The van der Waals surface area contributed by atoms with Crippen LogP contribution >= 0.6 is 7.82 Å². The molecule has 9 heteroatoms. The van der Waals surface area contributed by atoms with Crippen LogP contribution in [0.3, 0.4) is 0 Å². The van der Waals surface area contributed by atoms with Crippen molar-refractivity contribution in [3.05, 3.63) is 60.8 Å². The number of amides is 1. The van der Waals surface area contributed by atoms with Crippen molar-refractivity contribution in [2.24, 2.45) is 0 Å². The fourth-order valence-corrected chi connectivity index (χ4v) is 6.53. The number of hydrogen-bond donors (Lipinski definition) is 2. The van der Waals surface area contributed by atoms with Crippen molar-refractivity contribution in [3.63, 3.8) is 0 Å². The molecule has 0 saturated carbocycles.